The molecule has 0 aliphatic carbocycles. The molecule has 1 heterocycles. The van der Waals surface area contributed by atoms with Crippen LogP contribution < -0.4 is 4.74 Å². The van der Waals surface area contributed by atoms with Gasteiger partial charge in [0.15, 0.2) is 0 Å². The molecule has 0 radical (unpaired) electrons. The molecule has 0 saturated carbocycles. The fourth-order valence-electron chi connectivity index (χ4n) is 2.06. The maximum Gasteiger partial charge on any atom is 0.246 e. The molecule has 94 valence electrons. The van der Waals surface area contributed by atoms with E-state index in [9.17, 15) is 8.42 Å². The van der Waals surface area contributed by atoms with E-state index in [2.05, 4.69) is 0 Å². The molecule has 1 aliphatic heterocycles. The van der Waals surface area contributed by atoms with Crippen LogP contribution in [0.2, 0.25) is 0 Å². The minimum atomic E-state index is -3.39. The predicted octanol–water partition coefficient (Wildman–Crippen LogP) is 1.79. The van der Waals surface area contributed by atoms with Crippen LogP contribution >= 0.6 is 0 Å². The average molecular weight is 255 g/mol. The molecule has 1 aromatic rings. The van der Waals surface area contributed by atoms with Crippen LogP contribution in [0, 0.1) is 6.92 Å². The van der Waals surface area contributed by atoms with Crippen LogP contribution in [0.5, 0.6) is 5.75 Å². The summed E-state index contributed by atoms with van der Waals surface area (Å²) in [6, 6.07) is 5.18. The maximum absolute atomic E-state index is 12.4. The molecule has 17 heavy (non-hydrogen) atoms. The number of hydrogen-bond donors (Lipinski definition) is 0. The van der Waals surface area contributed by atoms with Crippen molar-refractivity contribution in [2.45, 2.75) is 24.7 Å². The Bertz CT molecular complexity index is 504. The van der Waals surface area contributed by atoms with Gasteiger partial charge in [-0.25, -0.2) is 8.42 Å². The average Bonchev–Trinajstić information content (AvgIpc) is 2.82. The number of benzene rings is 1. The lowest BCUT2D eigenvalue weighted by Crippen LogP contribution is -2.28. The Morgan fingerprint density at radius 3 is 2.47 bits per heavy atom. The predicted molar refractivity (Wildman–Crippen MR) is 65.7 cm³/mol. The van der Waals surface area contributed by atoms with Crippen LogP contribution in [0.3, 0.4) is 0 Å². The highest BCUT2D eigenvalue weighted by Gasteiger charge is 2.29. The van der Waals surface area contributed by atoms with Gasteiger partial charge in [-0.1, -0.05) is 6.07 Å². The van der Waals surface area contributed by atoms with Gasteiger partial charge in [-0.05, 0) is 37.5 Å². The van der Waals surface area contributed by atoms with Crippen LogP contribution in [-0.4, -0.2) is 32.9 Å². The second-order valence-electron chi connectivity index (χ2n) is 4.27. The molecule has 1 fully saturated rings. The van der Waals surface area contributed by atoms with Gasteiger partial charge in [0.05, 0.1) is 7.11 Å². The highest BCUT2D eigenvalue weighted by Crippen LogP contribution is 2.29. The summed E-state index contributed by atoms with van der Waals surface area (Å²) in [4.78, 5) is 0.271. The minimum Gasteiger partial charge on any atom is -0.495 e. The van der Waals surface area contributed by atoms with Crippen LogP contribution in [0.15, 0.2) is 23.1 Å². The Hall–Kier alpha value is -1.07. The van der Waals surface area contributed by atoms with Gasteiger partial charge in [-0.15, -0.1) is 0 Å². The second kappa shape index (κ2) is 4.66. The standard InChI is InChI=1S/C12H17NO3S/c1-10-5-6-12(11(9-10)16-2)17(14,15)13-7-3-4-8-13/h5-6,9H,3-4,7-8H2,1-2H3. The quantitative estimate of drug-likeness (QED) is 0.827. The summed E-state index contributed by atoms with van der Waals surface area (Å²) in [7, 11) is -1.89. The summed E-state index contributed by atoms with van der Waals surface area (Å²) in [5.74, 6) is 0.428. The summed E-state index contributed by atoms with van der Waals surface area (Å²) < 4.78 is 31.4. The van der Waals surface area contributed by atoms with Gasteiger partial charge >= 0.3 is 0 Å². The second-order valence-corrected chi connectivity index (χ2v) is 6.17. The molecular weight excluding hydrogens is 238 g/mol. The van der Waals surface area contributed by atoms with E-state index in [4.69, 9.17) is 4.74 Å². The Morgan fingerprint density at radius 2 is 1.88 bits per heavy atom. The highest BCUT2D eigenvalue weighted by atomic mass is 32.2. The number of ether oxygens (including phenoxy) is 1. The first kappa shape index (κ1) is 12.4. The van der Waals surface area contributed by atoms with Crippen LogP contribution in [0.1, 0.15) is 18.4 Å². The number of rotatable bonds is 3. The SMILES string of the molecule is COc1cc(C)ccc1S(=O)(=O)N1CCCC1. The first-order valence-electron chi connectivity index (χ1n) is 5.70. The largest absolute Gasteiger partial charge is 0.495 e. The van der Waals surface area contributed by atoms with E-state index in [1.807, 2.05) is 6.92 Å². The molecule has 0 N–H and O–H groups in total. The van der Waals surface area contributed by atoms with Crippen molar-refractivity contribution in [1.29, 1.82) is 0 Å². The topological polar surface area (TPSA) is 46.6 Å². The summed E-state index contributed by atoms with van der Waals surface area (Å²) >= 11 is 0. The lowest BCUT2D eigenvalue weighted by molar-refractivity contribution is 0.398. The Balaban J connectivity index is 2.45. The number of aryl methyl sites for hydroxylation is 1. The van der Waals surface area contributed by atoms with Crippen LogP contribution in [-0.2, 0) is 10.0 Å². The van der Waals surface area contributed by atoms with Gasteiger partial charge in [0.25, 0.3) is 0 Å². The third-order valence-electron chi connectivity index (χ3n) is 3.00. The zero-order valence-corrected chi connectivity index (χ0v) is 11.0. The van der Waals surface area contributed by atoms with E-state index >= 15 is 0 Å². The molecule has 0 bridgehead atoms. The zero-order chi connectivity index (χ0) is 12.5. The number of methoxy groups -OCH3 is 1. The van der Waals surface area contributed by atoms with Gasteiger partial charge in [-0.2, -0.15) is 4.31 Å². The van der Waals surface area contributed by atoms with Crippen molar-refractivity contribution in [3.8, 4) is 5.75 Å². The van der Waals surface area contributed by atoms with Gasteiger partial charge in [0.2, 0.25) is 10.0 Å². The highest BCUT2D eigenvalue weighted by molar-refractivity contribution is 7.89. The molecule has 1 saturated heterocycles. The maximum atomic E-state index is 12.4. The molecule has 1 aromatic carbocycles. The van der Waals surface area contributed by atoms with Crippen molar-refractivity contribution in [3.05, 3.63) is 23.8 Å². The van der Waals surface area contributed by atoms with Crippen molar-refractivity contribution in [1.82, 2.24) is 4.31 Å². The lowest BCUT2D eigenvalue weighted by Gasteiger charge is -2.17. The molecule has 0 spiro atoms. The van der Waals surface area contributed by atoms with Gasteiger partial charge in [0, 0.05) is 13.1 Å². The molecule has 1 aliphatic rings. The molecule has 0 atom stereocenters. The van der Waals surface area contributed by atoms with Crippen molar-refractivity contribution < 1.29 is 13.2 Å². The normalized spacial score (nSPS) is 17.3. The molecule has 0 aromatic heterocycles. The minimum absolute atomic E-state index is 0.271. The summed E-state index contributed by atoms with van der Waals surface area (Å²) in [5.41, 5.74) is 0.988. The lowest BCUT2D eigenvalue weighted by atomic mass is 10.2. The summed E-state index contributed by atoms with van der Waals surface area (Å²) in [6.07, 6.45) is 1.88. The first-order chi connectivity index (χ1) is 8.05. The van der Waals surface area contributed by atoms with Gasteiger partial charge in [0.1, 0.15) is 10.6 Å². The summed E-state index contributed by atoms with van der Waals surface area (Å²) in [5, 5.41) is 0. The van der Waals surface area contributed by atoms with E-state index in [1.54, 1.807) is 18.2 Å². The van der Waals surface area contributed by atoms with Crippen molar-refractivity contribution in [2.24, 2.45) is 0 Å². The molecule has 5 heteroatoms. The smallest absolute Gasteiger partial charge is 0.246 e. The fraction of sp³-hybridized carbons (Fsp3) is 0.500. The van der Waals surface area contributed by atoms with Crippen molar-refractivity contribution >= 4 is 10.0 Å². The Labute approximate surface area is 102 Å². The van der Waals surface area contributed by atoms with E-state index in [-0.39, 0.29) is 4.90 Å². The van der Waals surface area contributed by atoms with Crippen LogP contribution in [0.4, 0.5) is 0 Å². The summed E-state index contributed by atoms with van der Waals surface area (Å²) in [6.45, 7) is 3.13. The molecule has 2 rings (SSSR count). The zero-order valence-electron chi connectivity index (χ0n) is 10.1. The third-order valence-corrected chi connectivity index (χ3v) is 4.94. The van der Waals surface area contributed by atoms with E-state index < -0.39 is 10.0 Å². The monoisotopic (exact) mass is 255 g/mol. The molecule has 0 unspecified atom stereocenters. The fourth-order valence-corrected chi connectivity index (χ4v) is 3.71. The van der Waals surface area contributed by atoms with Crippen LogP contribution in [0.25, 0.3) is 0 Å². The molecule has 0 amide bonds. The van der Waals surface area contributed by atoms with Gasteiger partial charge in [-0.3, -0.25) is 0 Å². The Morgan fingerprint density at radius 1 is 1.24 bits per heavy atom. The van der Waals surface area contributed by atoms with E-state index in [0.717, 1.165) is 18.4 Å². The van der Waals surface area contributed by atoms with E-state index in [1.165, 1.54) is 11.4 Å². The van der Waals surface area contributed by atoms with Crippen molar-refractivity contribution in [3.63, 3.8) is 0 Å². The third kappa shape index (κ3) is 2.30. The first-order valence-corrected chi connectivity index (χ1v) is 7.14. The molecular formula is C12H17NO3S. The number of sulfonamides is 1. The number of nitrogens with zero attached hydrogens (tertiary/aromatic N) is 1. The molecule has 4 nitrogen and oxygen atoms in total. The van der Waals surface area contributed by atoms with Gasteiger partial charge < -0.3 is 4.74 Å². The van der Waals surface area contributed by atoms with E-state index in [0.29, 0.717) is 18.8 Å². The Kier molecular flexibility index (Phi) is 3.40. The number of hydrogen-bond acceptors (Lipinski definition) is 3. The van der Waals surface area contributed by atoms with Crippen molar-refractivity contribution in [2.75, 3.05) is 20.2 Å².